The van der Waals surface area contributed by atoms with Crippen LogP contribution in [0.15, 0.2) is 48.5 Å². The van der Waals surface area contributed by atoms with E-state index in [1.165, 1.54) is 0 Å². The molecule has 2 aromatic carbocycles. The standard InChI is InChI=1S/C15H12N2O/c1-11-5-2-3-8-14(11)17-15(18)13-7-4-6-12(9-13)10-16/h2-9H,1H3,(H,17,18). The highest BCUT2D eigenvalue weighted by molar-refractivity contribution is 6.04. The van der Waals surface area contributed by atoms with Gasteiger partial charge in [-0.05, 0) is 36.8 Å². The molecule has 1 amide bonds. The molecule has 1 N–H and O–H groups in total. The van der Waals surface area contributed by atoms with Crippen molar-refractivity contribution in [2.45, 2.75) is 6.92 Å². The van der Waals surface area contributed by atoms with Gasteiger partial charge in [0.25, 0.3) is 5.91 Å². The molecule has 0 aromatic heterocycles. The lowest BCUT2D eigenvalue weighted by molar-refractivity contribution is 0.102. The number of nitrogens with one attached hydrogen (secondary N) is 1. The van der Waals surface area contributed by atoms with Crippen LogP contribution in [0.4, 0.5) is 5.69 Å². The van der Waals surface area contributed by atoms with Crippen LogP contribution in [0.1, 0.15) is 21.5 Å². The molecule has 0 fully saturated rings. The van der Waals surface area contributed by atoms with Crippen LogP contribution in [0, 0.1) is 18.3 Å². The number of rotatable bonds is 2. The molecule has 0 aliphatic carbocycles. The first kappa shape index (κ1) is 11.9. The number of anilines is 1. The zero-order chi connectivity index (χ0) is 13.0. The minimum atomic E-state index is -0.207. The van der Waals surface area contributed by atoms with Gasteiger partial charge in [-0.3, -0.25) is 4.79 Å². The van der Waals surface area contributed by atoms with E-state index in [4.69, 9.17) is 5.26 Å². The lowest BCUT2D eigenvalue weighted by Gasteiger charge is -2.08. The van der Waals surface area contributed by atoms with E-state index >= 15 is 0 Å². The molecule has 0 bridgehead atoms. The first-order valence-corrected chi connectivity index (χ1v) is 5.58. The number of para-hydroxylation sites is 1. The summed E-state index contributed by atoms with van der Waals surface area (Å²) in [5.74, 6) is -0.207. The van der Waals surface area contributed by atoms with Crippen molar-refractivity contribution >= 4 is 11.6 Å². The molecule has 3 heteroatoms. The van der Waals surface area contributed by atoms with Gasteiger partial charge in [0.15, 0.2) is 0 Å². The van der Waals surface area contributed by atoms with Gasteiger partial charge >= 0.3 is 0 Å². The van der Waals surface area contributed by atoms with Crippen LogP contribution >= 0.6 is 0 Å². The van der Waals surface area contributed by atoms with Gasteiger partial charge in [0, 0.05) is 11.3 Å². The minimum Gasteiger partial charge on any atom is -0.322 e. The molecule has 0 aliphatic rings. The van der Waals surface area contributed by atoms with Gasteiger partial charge in [0.1, 0.15) is 0 Å². The van der Waals surface area contributed by atoms with Gasteiger partial charge in [0.2, 0.25) is 0 Å². The van der Waals surface area contributed by atoms with Crippen LogP contribution < -0.4 is 5.32 Å². The number of aryl methyl sites for hydroxylation is 1. The lowest BCUT2D eigenvalue weighted by atomic mass is 10.1. The van der Waals surface area contributed by atoms with Crippen molar-refractivity contribution in [3.63, 3.8) is 0 Å². The molecule has 0 unspecified atom stereocenters. The molecule has 0 atom stereocenters. The summed E-state index contributed by atoms with van der Waals surface area (Å²) in [5, 5.41) is 11.6. The summed E-state index contributed by atoms with van der Waals surface area (Å²) >= 11 is 0. The second-order valence-corrected chi connectivity index (χ2v) is 3.96. The molecule has 18 heavy (non-hydrogen) atoms. The maximum Gasteiger partial charge on any atom is 0.255 e. The van der Waals surface area contributed by atoms with Crippen molar-refractivity contribution in [1.82, 2.24) is 0 Å². The molecular formula is C15H12N2O. The van der Waals surface area contributed by atoms with E-state index in [9.17, 15) is 4.79 Å². The highest BCUT2D eigenvalue weighted by Gasteiger charge is 2.07. The van der Waals surface area contributed by atoms with Gasteiger partial charge in [-0.25, -0.2) is 0 Å². The number of nitriles is 1. The second-order valence-electron chi connectivity index (χ2n) is 3.96. The molecule has 0 saturated heterocycles. The summed E-state index contributed by atoms with van der Waals surface area (Å²) in [6.45, 7) is 1.93. The Labute approximate surface area is 106 Å². The van der Waals surface area contributed by atoms with Crippen molar-refractivity contribution in [3.05, 3.63) is 65.2 Å². The Balaban J connectivity index is 2.23. The molecular weight excluding hydrogens is 224 g/mol. The third kappa shape index (κ3) is 2.55. The van der Waals surface area contributed by atoms with Crippen LogP contribution in [0.5, 0.6) is 0 Å². The summed E-state index contributed by atoms with van der Waals surface area (Å²) in [6.07, 6.45) is 0. The van der Waals surface area contributed by atoms with Crippen LogP contribution in [0.2, 0.25) is 0 Å². The van der Waals surface area contributed by atoms with Gasteiger partial charge in [-0.2, -0.15) is 5.26 Å². The summed E-state index contributed by atoms with van der Waals surface area (Å²) in [6, 6.07) is 16.2. The molecule has 0 aliphatic heterocycles. The Morgan fingerprint density at radius 1 is 1.17 bits per heavy atom. The topological polar surface area (TPSA) is 52.9 Å². The molecule has 0 spiro atoms. The largest absolute Gasteiger partial charge is 0.322 e. The van der Waals surface area contributed by atoms with Gasteiger partial charge in [-0.15, -0.1) is 0 Å². The van der Waals surface area contributed by atoms with Crippen LogP contribution in [0.3, 0.4) is 0 Å². The first-order valence-electron chi connectivity index (χ1n) is 5.58. The van der Waals surface area contributed by atoms with Crippen LogP contribution in [0.25, 0.3) is 0 Å². The lowest BCUT2D eigenvalue weighted by Crippen LogP contribution is -2.12. The van der Waals surface area contributed by atoms with Crippen molar-refractivity contribution in [3.8, 4) is 6.07 Å². The first-order chi connectivity index (χ1) is 8.70. The number of benzene rings is 2. The molecule has 0 saturated carbocycles. The maximum absolute atomic E-state index is 12.0. The van der Waals surface area contributed by atoms with Crippen LogP contribution in [-0.2, 0) is 0 Å². The molecule has 0 heterocycles. The third-order valence-corrected chi connectivity index (χ3v) is 2.65. The van der Waals surface area contributed by atoms with E-state index in [1.807, 2.05) is 37.3 Å². The van der Waals surface area contributed by atoms with E-state index in [0.717, 1.165) is 11.3 Å². The Hall–Kier alpha value is -2.60. The van der Waals surface area contributed by atoms with Crippen molar-refractivity contribution < 1.29 is 4.79 Å². The highest BCUT2D eigenvalue weighted by Crippen LogP contribution is 2.15. The summed E-state index contributed by atoms with van der Waals surface area (Å²) in [7, 11) is 0. The fourth-order valence-electron chi connectivity index (χ4n) is 1.64. The predicted octanol–water partition coefficient (Wildman–Crippen LogP) is 3.12. The number of amides is 1. The smallest absolute Gasteiger partial charge is 0.255 e. The van der Waals surface area contributed by atoms with Gasteiger partial charge in [-0.1, -0.05) is 24.3 Å². The zero-order valence-electron chi connectivity index (χ0n) is 9.97. The third-order valence-electron chi connectivity index (χ3n) is 2.65. The molecule has 88 valence electrons. The summed E-state index contributed by atoms with van der Waals surface area (Å²) in [4.78, 5) is 12.0. The molecule has 0 radical (unpaired) electrons. The van der Waals surface area contributed by atoms with E-state index in [0.29, 0.717) is 11.1 Å². The summed E-state index contributed by atoms with van der Waals surface area (Å²) in [5.41, 5.74) is 2.75. The number of hydrogen-bond acceptors (Lipinski definition) is 2. The quantitative estimate of drug-likeness (QED) is 0.870. The number of carbonyl (C=O) groups excluding carboxylic acids is 1. The number of nitrogens with zero attached hydrogens (tertiary/aromatic N) is 1. The van der Waals surface area contributed by atoms with Crippen molar-refractivity contribution in [2.75, 3.05) is 5.32 Å². The SMILES string of the molecule is Cc1ccccc1NC(=O)c1cccc(C#N)c1. The predicted molar refractivity (Wildman–Crippen MR) is 70.3 cm³/mol. The van der Waals surface area contributed by atoms with Gasteiger partial charge in [0.05, 0.1) is 11.6 Å². The average molecular weight is 236 g/mol. The average Bonchev–Trinajstić information content (AvgIpc) is 2.41. The van der Waals surface area contributed by atoms with E-state index in [1.54, 1.807) is 24.3 Å². The van der Waals surface area contributed by atoms with Crippen molar-refractivity contribution in [2.24, 2.45) is 0 Å². The Morgan fingerprint density at radius 2 is 1.94 bits per heavy atom. The zero-order valence-corrected chi connectivity index (χ0v) is 9.97. The number of carbonyl (C=O) groups is 1. The fraction of sp³-hybridized carbons (Fsp3) is 0.0667. The minimum absolute atomic E-state index is 0.207. The summed E-state index contributed by atoms with van der Waals surface area (Å²) < 4.78 is 0. The molecule has 3 nitrogen and oxygen atoms in total. The Bertz CT molecular complexity index is 626. The van der Waals surface area contributed by atoms with Crippen molar-refractivity contribution in [1.29, 1.82) is 5.26 Å². The van der Waals surface area contributed by atoms with Gasteiger partial charge < -0.3 is 5.32 Å². The number of hydrogen-bond donors (Lipinski definition) is 1. The van der Waals surface area contributed by atoms with E-state index in [-0.39, 0.29) is 5.91 Å². The second kappa shape index (κ2) is 5.15. The molecule has 2 aromatic rings. The van der Waals surface area contributed by atoms with Crippen LogP contribution in [-0.4, -0.2) is 5.91 Å². The normalized spacial score (nSPS) is 9.56. The fourth-order valence-corrected chi connectivity index (χ4v) is 1.64. The van der Waals surface area contributed by atoms with E-state index < -0.39 is 0 Å². The Morgan fingerprint density at radius 3 is 2.67 bits per heavy atom. The maximum atomic E-state index is 12.0. The monoisotopic (exact) mass is 236 g/mol. The van der Waals surface area contributed by atoms with E-state index in [2.05, 4.69) is 5.32 Å². The highest BCUT2D eigenvalue weighted by atomic mass is 16.1. The Kier molecular flexibility index (Phi) is 3.40. The molecule has 2 rings (SSSR count).